The summed E-state index contributed by atoms with van der Waals surface area (Å²) in [6.45, 7) is 6.23. The summed E-state index contributed by atoms with van der Waals surface area (Å²) in [5.74, 6) is 1.73. The fourth-order valence-electron chi connectivity index (χ4n) is 3.43. The maximum atomic E-state index is 12.2. The first kappa shape index (κ1) is 19.3. The molecule has 1 atom stereocenters. The lowest BCUT2D eigenvalue weighted by atomic mass is 10.0. The molecule has 0 radical (unpaired) electrons. The molecule has 0 bridgehead atoms. The van der Waals surface area contributed by atoms with Crippen molar-refractivity contribution >= 4 is 5.91 Å². The van der Waals surface area contributed by atoms with Crippen LogP contribution in [-0.4, -0.2) is 67.1 Å². The third kappa shape index (κ3) is 5.25. The van der Waals surface area contributed by atoms with E-state index in [0.717, 1.165) is 45.5 Å². The molecule has 2 aliphatic heterocycles. The zero-order valence-electron chi connectivity index (χ0n) is 15.5. The van der Waals surface area contributed by atoms with Crippen molar-refractivity contribution in [1.29, 1.82) is 0 Å². The molecule has 1 aromatic rings. The fraction of sp³-hybridized carbons (Fsp3) is 0.833. The van der Waals surface area contributed by atoms with Gasteiger partial charge in [0.05, 0.1) is 6.61 Å². The predicted octanol–water partition coefficient (Wildman–Crippen LogP) is 1.76. The van der Waals surface area contributed by atoms with E-state index in [1.807, 2.05) is 6.92 Å². The third-order valence-electron chi connectivity index (χ3n) is 4.94. The van der Waals surface area contributed by atoms with Crippen molar-refractivity contribution in [2.24, 2.45) is 5.92 Å². The fourth-order valence-corrected chi connectivity index (χ4v) is 3.43. The number of aromatic nitrogens is 2. The lowest BCUT2D eigenvalue weighted by Gasteiger charge is -2.21. The van der Waals surface area contributed by atoms with Crippen LogP contribution in [0.3, 0.4) is 0 Å². The molecule has 8 nitrogen and oxygen atoms in total. The summed E-state index contributed by atoms with van der Waals surface area (Å²) in [4.78, 5) is 18.5. The number of rotatable bonds is 9. The van der Waals surface area contributed by atoms with Crippen LogP contribution in [0.2, 0.25) is 0 Å². The van der Waals surface area contributed by atoms with Crippen molar-refractivity contribution in [3.8, 4) is 0 Å². The molecule has 0 saturated carbocycles. The summed E-state index contributed by atoms with van der Waals surface area (Å²) >= 11 is 0. The highest BCUT2D eigenvalue weighted by Crippen LogP contribution is 2.30. The Kier molecular flexibility index (Phi) is 7.40. The Morgan fingerprint density at radius 3 is 2.92 bits per heavy atom. The van der Waals surface area contributed by atoms with E-state index in [4.69, 9.17) is 18.7 Å². The molecule has 0 aromatic carbocycles. The van der Waals surface area contributed by atoms with Gasteiger partial charge in [-0.3, -0.25) is 4.79 Å². The minimum absolute atomic E-state index is 0.0195. The first-order valence-electron chi connectivity index (χ1n) is 9.63. The van der Waals surface area contributed by atoms with Crippen LogP contribution >= 0.6 is 0 Å². The highest BCUT2D eigenvalue weighted by atomic mass is 16.5. The Labute approximate surface area is 154 Å². The van der Waals surface area contributed by atoms with Gasteiger partial charge in [0.15, 0.2) is 5.82 Å². The summed E-state index contributed by atoms with van der Waals surface area (Å²) in [7, 11) is 0. The Morgan fingerprint density at radius 2 is 2.12 bits per heavy atom. The van der Waals surface area contributed by atoms with Gasteiger partial charge in [0.25, 0.3) is 0 Å². The number of hydrogen-bond donors (Lipinski definition) is 0. The lowest BCUT2D eigenvalue weighted by molar-refractivity contribution is -0.137. The zero-order chi connectivity index (χ0) is 18.2. The number of carbonyl (C=O) groups is 1. The van der Waals surface area contributed by atoms with Gasteiger partial charge in [-0.15, -0.1) is 0 Å². The number of nitrogens with zero attached hydrogens (tertiary/aromatic N) is 3. The Bertz CT molecular complexity index is 559. The lowest BCUT2D eigenvalue weighted by Crippen LogP contribution is -2.33. The molecule has 0 aliphatic carbocycles. The summed E-state index contributed by atoms with van der Waals surface area (Å²) in [6, 6.07) is -0.132. The smallest absolute Gasteiger partial charge is 0.249 e. The summed E-state index contributed by atoms with van der Waals surface area (Å²) in [5, 5.41) is 4.05. The van der Waals surface area contributed by atoms with E-state index < -0.39 is 0 Å². The predicted molar refractivity (Wildman–Crippen MR) is 92.5 cm³/mol. The van der Waals surface area contributed by atoms with Gasteiger partial charge in [0, 0.05) is 39.4 Å². The molecule has 3 rings (SSSR count). The second-order valence-electron chi connectivity index (χ2n) is 6.81. The van der Waals surface area contributed by atoms with Gasteiger partial charge >= 0.3 is 0 Å². The summed E-state index contributed by atoms with van der Waals surface area (Å²) in [6.07, 6.45) is 4.54. The van der Waals surface area contributed by atoms with Crippen molar-refractivity contribution in [3.63, 3.8) is 0 Å². The van der Waals surface area contributed by atoms with Gasteiger partial charge in [-0.25, -0.2) is 0 Å². The van der Waals surface area contributed by atoms with Gasteiger partial charge in [-0.05, 0) is 38.5 Å². The largest absolute Gasteiger partial charge is 0.381 e. The van der Waals surface area contributed by atoms with E-state index in [-0.39, 0.29) is 18.6 Å². The van der Waals surface area contributed by atoms with E-state index in [2.05, 4.69) is 10.1 Å². The van der Waals surface area contributed by atoms with Crippen molar-refractivity contribution in [3.05, 3.63) is 11.7 Å². The van der Waals surface area contributed by atoms with Crippen molar-refractivity contribution < 1.29 is 23.5 Å². The molecule has 2 aliphatic rings. The standard InChI is InChI=1S/C18H29N3O5/c1-2-23-13-17(22)21-8-3-4-15(21)18-19-16(20-26-18)7-11-25-12-14-5-9-24-10-6-14/h14-15H,2-13H2,1H3. The molecule has 2 saturated heterocycles. The average Bonchev–Trinajstić information content (AvgIpc) is 3.33. The van der Waals surface area contributed by atoms with Crippen molar-refractivity contribution in [1.82, 2.24) is 15.0 Å². The zero-order valence-corrected chi connectivity index (χ0v) is 15.5. The Balaban J connectivity index is 1.43. The second kappa shape index (κ2) is 9.99. The van der Waals surface area contributed by atoms with Crippen molar-refractivity contribution in [2.75, 3.05) is 46.2 Å². The number of hydrogen-bond acceptors (Lipinski definition) is 7. The quantitative estimate of drug-likeness (QED) is 0.615. The molecule has 0 spiro atoms. The molecule has 1 unspecified atom stereocenters. The molecule has 146 valence electrons. The van der Waals surface area contributed by atoms with E-state index in [9.17, 15) is 4.79 Å². The van der Waals surface area contributed by atoms with Crippen LogP contribution < -0.4 is 0 Å². The molecule has 1 aromatic heterocycles. The number of ether oxygens (including phenoxy) is 3. The van der Waals surface area contributed by atoms with Crippen LogP contribution in [-0.2, 0) is 25.4 Å². The van der Waals surface area contributed by atoms with E-state index in [1.165, 1.54) is 0 Å². The maximum Gasteiger partial charge on any atom is 0.249 e. The second-order valence-corrected chi connectivity index (χ2v) is 6.81. The minimum Gasteiger partial charge on any atom is -0.381 e. The molecular formula is C18H29N3O5. The first-order chi connectivity index (χ1) is 12.8. The van der Waals surface area contributed by atoms with Crippen LogP contribution in [0.1, 0.15) is 50.4 Å². The van der Waals surface area contributed by atoms with E-state index >= 15 is 0 Å². The van der Waals surface area contributed by atoms with Crippen molar-refractivity contribution in [2.45, 2.75) is 45.1 Å². The van der Waals surface area contributed by atoms with Gasteiger partial charge in [-0.2, -0.15) is 4.98 Å². The van der Waals surface area contributed by atoms with Crippen LogP contribution in [0.5, 0.6) is 0 Å². The van der Waals surface area contributed by atoms with Gasteiger partial charge in [-0.1, -0.05) is 5.16 Å². The molecule has 1 amide bonds. The molecule has 8 heteroatoms. The normalized spacial score (nSPS) is 21.4. The monoisotopic (exact) mass is 367 g/mol. The maximum absolute atomic E-state index is 12.2. The SMILES string of the molecule is CCOCC(=O)N1CCCC1c1nc(CCOCC2CCOCC2)no1. The van der Waals surface area contributed by atoms with E-state index in [1.54, 1.807) is 4.90 Å². The number of amides is 1. The Hall–Kier alpha value is -1.51. The minimum atomic E-state index is -0.132. The van der Waals surface area contributed by atoms with Gasteiger partial charge < -0.3 is 23.6 Å². The van der Waals surface area contributed by atoms with Crippen LogP contribution in [0.15, 0.2) is 4.52 Å². The summed E-state index contributed by atoms with van der Waals surface area (Å²) in [5.41, 5.74) is 0. The topological polar surface area (TPSA) is 86.9 Å². The van der Waals surface area contributed by atoms with Gasteiger partial charge in [0.2, 0.25) is 11.8 Å². The van der Waals surface area contributed by atoms with E-state index in [0.29, 0.717) is 43.8 Å². The molecular weight excluding hydrogens is 338 g/mol. The van der Waals surface area contributed by atoms with Gasteiger partial charge in [0.1, 0.15) is 12.6 Å². The average molecular weight is 367 g/mol. The first-order valence-corrected chi connectivity index (χ1v) is 9.63. The van der Waals surface area contributed by atoms with Crippen LogP contribution in [0.25, 0.3) is 0 Å². The summed E-state index contributed by atoms with van der Waals surface area (Å²) < 4.78 is 21.8. The molecule has 2 fully saturated rings. The molecule has 0 N–H and O–H groups in total. The molecule has 3 heterocycles. The highest BCUT2D eigenvalue weighted by Gasteiger charge is 2.33. The highest BCUT2D eigenvalue weighted by molar-refractivity contribution is 5.78. The number of likely N-dealkylation sites (tertiary alicyclic amines) is 1. The third-order valence-corrected chi connectivity index (χ3v) is 4.94. The number of carbonyl (C=O) groups excluding carboxylic acids is 1. The Morgan fingerprint density at radius 1 is 1.27 bits per heavy atom. The molecule has 26 heavy (non-hydrogen) atoms. The van der Waals surface area contributed by atoms with Crippen LogP contribution in [0.4, 0.5) is 0 Å². The van der Waals surface area contributed by atoms with Crippen LogP contribution in [0, 0.1) is 5.92 Å².